The first-order valence-corrected chi connectivity index (χ1v) is 8.07. The fourth-order valence-corrected chi connectivity index (χ4v) is 2.51. The van der Waals surface area contributed by atoms with Gasteiger partial charge in [-0.2, -0.15) is 0 Å². The molecule has 25 heavy (non-hydrogen) atoms. The molecule has 0 radical (unpaired) electrons. The van der Waals surface area contributed by atoms with Crippen molar-refractivity contribution in [2.24, 2.45) is 7.05 Å². The molecule has 1 amide bonds. The number of carbonyl (C=O) groups is 1. The lowest BCUT2D eigenvalue weighted by atomic mass is 10.2. The summed E-state index contributed by atoms with van der Waals surface area (Å²) in [6.07, 6.45) is 3.98. The summed E-state index contributed by atoms with van der Waals surface area (Å²) >= 11 is 0. The van der Waals surface area contributed by atoms with Gasteiger partial charge in [0.2, 0.25) is 0 Å². The molecule has 0 saturated carbocycles. The van der Waals surface area contributed by atoms with Gasteiger partial charge in [0.15, 0.2) is 0 Å². The van der Waals surface area contributed by atoms with Crippen molar-refractivity contribution in [2.75, 3.05) is 13.2 Å². The fourth-order valence-electron chi connectivity index (χ4n) is 2.51. The topological polar surface area (TPSA) is 73.2 Å². The van der Waals surface area contributed by atoms with Crippen LogP contribution in [0.3, 0.4) is 0 Å². The Balaban J connectivity index is 1.51. The third-order valence-corrected chi connectivity index (χ3v) is 3.83. The molecule has 3 rings (SSSR count). The monoisotopic (exact) mass is 337 g/mol. The van der Waals surface area contributed by atoms with E-state index < -0.39 is 0 Å². The van der Waals surface area contributed by atoms with Gasteiger partial charge in [0.1, 0.15) is 16.8 Å². The molecule has 2 heterocycles. The number of hydrogen-bond donors (Lipinski definition) is 1. The molecule has 0 fully saturated rings. The zero-order chi connectivity index (χ0) is 17.6. The van der Waals surface area contributed by atoms with Crippen LogP contribution in [0.5, 0.6) is 5.75 Å². The highest BCUT2D eigenvalue weighted by Crippen LogP contribution is 2.22. The summed E-state index contributed by atoms with van der Waals surface area (Å²) in [4.78, 5) is 28.3. The molecule has 2 aromatic heterocycles. The number of rotatable bonds is 6. The van der Waals surface area contributed by atoms with Crippen LogP contribution < -0.4 is 15.6 Å². The van der Waals surface area contributed by atoms with Crippen molar-refractivity contribution in [3.8, 4) is 5.75 Å². The number of ether oxygens (including phenoxy) is 1. The van der Waals surface area contributed by atoms with E-state index >= 15 is 0 Å². The van der Waals surface area contributed by atoms with Crippen LogP contribution >= 0.6 is 0 Å². The molecule has 128 valence electrons. The summed E-state index contributed by atoms with van der Waals surface area (Å²) in [6.45, 7) is 0.873. The van der Waals surface area contributed by atoms with Crippen molar-refractivity contribution >= 4 is 16.8 Å². The van der Waals surface area contributed by atoms with Gasteiger partial charge >= 0.3 is 0 Å². The van der Waals surface area contributed by atoms with Gasteiger partial charge in [-0.25, -0.2) is 0 Å². The molecule has 0 aliphatic heterocycles. The number of carbonyl (C=O) groups excluding carboxylic acids is 1. The number of nitrogens with zero attached hydrogens (tertiary/aromatic N) is 2. The molecule has 0 spiro atoms. The van der Waals surface area contributed by atoms with Crippen molar-refractivity contribution in [2.45, 2.75) is 6.42 Å². The maximum Gasteiger partial charge on any atom is 0.263 e. The Labute approximate surface area is 145 Å². The molecule has 0 saturated heterocycles. The van der Waals surface area contributed by atoms with Crippen molar-refractivity contribution in [1.82, 2.24) is 14.9 Å². The van der Waals surface area contributed by atoms with Crippen molar-refractivity contribution < 1.29 is 9.53 Å². The molecule has 0 atom stereocenters. The molecule has 0 bridgehead atoms. The van der Waals surface area contributed by atoms with E-state index in [1.165, 1.54) is 10.6 Å². The lowest BCUT2D eigenvalue weighted by Gasteiger charge is -2.09. The van der Waals surface area contributed by atoms with E-state index in [0.29, 0.717) is 19.6 Å². The first-order chi connectivity index (χ1) is 12.2. The Morgan fingerprint density at radius 1 is 1.20 bits per heavy atom. The fraction of sp³-hybridized carbons (Fsp3) is 0.211. The second-order valence-electron chi connectivity index (χ2n) is 5.63. The summed E-state index contributed by atoms with van der Waals surface area (Å²) in [5.74, 6) is 0.356. The highest BCUT2D eigenvalue weighted by molar-refractivity contribution is 5.93. The molecule has 0 aliphatic rings. The number of nitrogens with one attached hydrogen (secondary N) is 1. The van der Waals surface area contributed by atoms with E-state index in [9.17, 15) is 9.59 Å². The number of pyridine rings is 2. The van der Waals surface area contributed by atoms with Gasteiger partial charge in [-0.3, -0.25) is 14.6 Å². The Bertz CT molecular complexity index is 945. The normalized spacial score (nSPS) is 10.6. The van der Waals surface area contributed by atoms with E-state index in [1.807, 2.05) is 30.3 Å². The predicted octanol–water partition coefficient (Wildman–Crippen LogP) is 2.13. The molecule has 1 aromatic carbocycles. The first kappa shape index (κ1) is 16.7. The number of aromatic nitrogens is 2. The number of fused-ring (bicyclic) bond motifs is 1. The van der Waals surface area contributed by atoms with Crippen LogP contribution in [0.1, 0.15) is 16.8 Å². The molecule has 6 heteroatoms. The lowest BCUT2D eigenvalue weighted by Crippen LogP contribution is -2.32. The van der Waals surface area contributed by atoms with E-state index in [2.05, 4.69) is 10.3 Å². The van der Waals surface area contributed by atoms with Gasteiger partial charge in [0.25, 0.3) is 11.5 Å². The average Bonchev–Trinajstić information content (AvgIpc) is 2.63. The van der Waals surface area contributed by atoms with Gasteiger partial charge in [0.05, 0.1) is 6.61 Å². The largest absolute Gasteiger partial charge is 0.491 e. The standard InChI is InChI=1S/C19H19N3O3/c1-22-12-4-8-15(19(22)24)18(23)21-11-5-13-25-16-9-2-6-14-7-3-10-20-17(14)16/h2-4,6-10,12H,5,11,13H2,1H3,(H,21,23). The summed E-state index contributed by atoms with van der Waals surface area (Å²) in [5.41, 5.74) is 0.657. The highest BCUT2D eigenvalue weighted by atomic mass is 16.5. The summed E-state index contributed by atoms with van der Waals surface area (Å²) in [5, 5.41) is 3.76. The molecule has 0 aliphatic carbocycles. The van der Waals surface area contributed by atoms with E-state index in [0.717, 1.165) is 16.7 Å². The highest BCUT2D eigenvalue weighted by Gasteiger charge is 2.10. The average molecular weight is 337 g/mol. The van der Waals surface area contributed by atoms with Crippen molar-refractivity contribution in [3.63, 3.8) is 0 Å². The van der Waals surface area contributed by atoms with Gasteiger partial charge < -0.3 is 14.6 Å². The number of para-hydroxylation sites is 1. The van der Waals surface area contributed by atoms with Gasteiger partial charge in [0, 0.05) is 31.4 Å². The minimum absolute atomic E-state index is 0.143. The lowest BCUT2D eigenvalue weighted by molar-refractivity contribution is 0.0949. The summed E-state index contributed by atoms with van der Waals surface area (Å²) in [6, 6.07) is 12.8. The molecular formula is C19H19N3O3. The molecule has 1 N–H and O–H groups in total. The SMILES string of the molecule is Cn1cccc(C(=O)NCCCOc2cccc3cccnc23)c1=O. The number of hydrogen-bond acceptors (Lipinski definition) is 4. The first-order valence-electron chi connectivity index (χ1n) is 8.07. The van der Waals surface area contributed by atoms with Gasteiger partial charge in [-0.1, -0.05) is 18.2 Å². The molecule has 0 unspecified atom stereocenters. The number of benzene rings is 1. The Morgan fingerprint density at radius 2 is 2.04 bits per heavy atom. The van der Waals surface area contributed by atoms with Crippen LogP contribution in [0.25, 0.3) is 10.9 Å². The van der Waals surface area contributed by atoms with Crippen LogP contribution in [0.15, 0.2) is 59.7 Å². The van der Waals surface area contributed by atoms with E-state index in [4.69, 9.17) is 4.74 Å². The van der Waals surface area contributed by atoms with Crippen LogP contribution in [-0.2, 0) is 7.05 Å². The van der Waals surface area contributed by atoms with E-state index in [-0.39, 0.29) is 17.0 Å². The van der Waals surface area contributed by atoms with E-state index in [1.54, 1.807) is 25.5 Å². The Hall–Kier alpha value is -3.15. The summed E-state index contributed by atoms with van der Waals surface area (Å²) < 4.78 is 7.15. The summed E-state index contributed by atoms with van der Waals surface area (Å²) in [7, 11) is 1.62. The third-order valence-electron chi connectivity index (χ3n) is 3.83. The van der Waals surface area contributed by atoms with Gasteiger partial charge in [-0.15, -0.1) is 0 Å². The minimum Gasteiger partial charge on any atom is -0.491 e. The molecule has 6 nitrogen and oxygen atoms in total. The van der Waals surface area contributed by atoms with Crippen LogP contribution in [0, 0.1) is 0 Å². The zero-order valence-electron chi connectivity index (χ0n) is 13.9. The number of aryl methyl sites for hydroxylation is 1. The Kier molecular flexibility index (Phi) is 5.09. The zero-order valence-corrected chi connectivity index (χ0v) is 13.9. The van der Waals surface area contributed by atoms with Crippen molar-refractivity contribution in [1.29, 1.82) is 0 Å². The van der Waals surface area contributed by atoms with Crippen LogP contribution in [0.4, 0.5) is 0 Å². The minimum atomic E-state index is -0.368. The van der Waals surface area contributed by atoms with Crippen LogP contribution in [-0.4, -0.2) is 28.6 Å². The molecular weight excluding hydrogens is 318 g/mol. The predicted molar refractivity (Wildman–Crippen MR) is 95.9 cm³/mol. The second-order valence-corrected chi connectivity index (χ2v) is 5.63. The Morgan fingerprint density at radius 3 is 2.92 bits per heavy atom. The maximum atomic E-state index is 12.1. The van der Waals surface area contributed by atoms with Gasteiger partial charge in [-0.05, 0) is 30.7 Å². The molecule has 3 aromatic rings. The number of amides is 1. The maximum absolute atomic E-state index is 12.1. The smallest absolute Gasteiger partial charge is 0.263 e. The second kappa shape index (κ2) is 7.61. The van der Waals surface area contributed by atoms with Crippen LogP contribution in [0.2, 0.25) is 0 Å². The quantitative estimate of drug-likeness (QED) is 0.700. The van der Waals surface area contributed by atoms with Crippen molar-refractivity contribution in [3.05, 3.63) is 70.8 Å². The third kappa shape index (κ3) is 3.85.